The number of aliphatic carboxylic acids is 1. The SMILES string of the molecule is CSCCC(NC(=O)Cn1nnnc1N)C(=O)O. The van der Waals surface area contributed by atoms with E-state index in [1.807, 2.05) is 6.26 Å². The third-order valence-electron chi connectivity index (χ3n) is 2.10. The van der Waals surface area contributed by atoms with E-state index >= 15 is 0 Å². The van der Waals surface area contributed by atoms with E-state index < -0.39 is 17.9 Å². The third-order valence-corrected chi connectivity index (χ3v) is 2.74. The Balaban J connectivity index is 2.51. The van der Waals surface area contributed by atoms with Gasteiger partial charge in [0, 0.05) is 0 Å². The molecule has 1 rings (SSSR count). The van der Waals surface area contributed by atoms with Gasteiger partial charge in [-0.25, -0.2) is 9.48 Å². The van der Waals surface area contributed by atoms with Crippen LogP contribution in [0.15, 0.2) is 0 Å². The molecule has 10 heteroatoms. The number of carbonyl (C=O) groups excluding carboxylic acids is 1. The van der Waals surface area contributed by atoms with Gasteiger partial charge in [-0.15, -0.1) is 0 Å². The number of rotatable bonds is 7. The van der Waals surface area contributed by atoms with Crippen molar-refractivity contribution in [1.82, 2.24) is 25.5 Å². The molecule has 18 heavy (non-hydrogen) atoms. The van der Waals surface area contributed by atoms with Gasteiger partial charge in [-0.1, -0.05) is 5.10 Å². The van der Waals surface area contributed by atoms with Gasteiger partial charge in [0.05, 0.1) is 0 Å². The number of nitrogen functional groups attached to an aromatic ring is 1. The van der Waals surface area contributed by atoms with Gasteiger partial charge in [0.25, 0.3) is 0 Å². The van der Waals surface area contributed by atoms with Crippen molar-refractivity contribution in [2.24, 2.45) is 0 Å². The molecule has 0 saturated carbocycles. The average molecular weight is 274 g/mol. The molecule has 1 atom stereocenters. The van der Waals surface area contributed by atoms with Crippen LogP contribution in [0.5, 0.6) is 0 Å². The standard InChI is InChI=1S/C8H14N6O3S/c1-18-3-2-5(7(16)17)10-6(15)4-14-8(9)11-12-13-14/h5H,2-4H2,1H3,(H,10,15)(H,16,17)(H2,9,11,13). The van der Waals surface area contributed by atoms with Crippen LogP contribution in [-0.2, 0) is 16.1 Å². The highest BCUT2D eigenvalue weighted by molar-refractivity contribution is 7.98. The molecule has 1 aromatic heterocycles. The monoisotopic (exact) mass is 274 g/mol. The molecule has 0 aliphatic carbocycles. The molecule has 0 bridgehead atoms. The molecular weight excluding hydrogens is 260 g/mol. The maximum Gasteiger partial charge on any atom is 0.326 e. The molecule has 100 valence electrons. The van der Waals surface area contributed by atoms with Gasteiger partial charge >= 0.3 is 5.97 Å². The first kappa shape index (κ1) is 14.2. The summed E-state index contributed by atoms with van der Waals surface area (Å²) in [5.74, 6) is -0.921. The summed E-state index contributed by atoms with van der Waals surface area (Å²) in [4.78, 5) is 22.5. The lowest BCUT2D eigenvalue weighted by molar-refractivity contribution is -0.142. The van der Waals surface area contributed by atoms with Gasteiger partial charge in [-0.2, -0.15) is 11.8 Å². The number of tetrazole rings is 1. The number of amides is 1. The van der Waals surface area contributed by atoms with Crippen molar-refractivity contribution in [3.8, 4) is 0 Å². The number of carboxylic acids is 1. The summed E-state index contributed by atoms with van der Waals surface area (Å²) in [5.41, 5.74) is 5.39. The zero-order valence-corrected chi connectivity index (χ0v) is 10.6. The smallest absolute Gasteiger partial charge is 0.326 e. The quantitative estimate of drug-likeness (QED) is 0.551. The van der Waals surface area contributed by atoms with Crippen molar-refractivity contribution in [2.75, 3.05) is 17.7 Å². The molecule has 1 unspecified atom stereocenters. The Labute approximate surface area is 107 Å². The van der Waals surface area contributed by atoms with Crippen LogP contribution in [0.4, 0.5) is 5.95 Å². The van der Waals surface area contributed by atoms with Crippen molar-refractivity contribution >= 4 is 29.6 Å². The van der Waals surface area contributed by atoms with E-state index in [1.165, 1.54) is 11.8 Å². The van der Waals surface area contributed by atoms with E-state index in [9.17, 15) is 9.59 Å². The summed E-state index contributed by atoms with van der Waals surface area (Å²) in [6, 6.07) is -0.914. The zero-order chi connectivity index (χ0) is 13.5. The van der Waals surface area contributed by atoms with E-state index in [2.05, 4.69) is 20.8 Å². The number of hydrogen-bond acceptors (Lipinski definition) is 7. The number of nitrogens with one attached hydrogen (secondary N) is 1. The minimum absolute atomic E-state index is 0.00105. The fraction of sp³-hybridized carbons (Fsp3) is 0.625. The Bertz CT molecular complexity index is 423. The second kappa shape index (κ2) is 6.79. The number of carboxylic acid groups (broad SMARTS) is 1. The van der Waals surface area contributed by atoms with Crippen LogP contribution >= 0.6 is 11.8 Å². The molecule has 1 heterocycles. The first-order valence-electron chi connectivity index (χ1n) is 5.07. The second-order valence-corrected chi connectivity index (χ2v) is 4.42. The number of thioether (sulfide) groups is 1. The van der Waals surface area contributed by atoms with Crippen molar-refractivity contribution in [2.45, 2.75) is 19.0 Å². The van der Waals surface area contributed by atoms with Gasteiger partial charge in [0.15, 0.2) is 0 Å². The molecule has 1 aromatic rings. The second-order valence-electron chi connectivity index (χ2n) is 3.43. The molecule has 4 N–H and O–H groups in total. The van der Waals surface area contributed by atoms with Gasteiger partial charge in [-0.05, 0) is 28.9 Å². The zero-order valence-electron chi connectivity index (χ0n) is 9.74. The van der Waals surface area contributed by atoms with E-state index in [4.69, 9.17) is 10.8 Å². The van der Waals surface area contributed by atoms with Crippen molar-refractivity contribution in [3.05, 3.63) is 0 Å². The molecule has 0 spiro atoms. The first-order chi connectivity index (χ1) is 8.54. The number of carbonyl (C=O) groups is 2. The highest BCUT2D eigenvalue weighted by Gasteiger charge is 2.20. The van der Waals surface area contributed by atoms with Gasteiger partial charge in [-0.3, -0.25) is 4.79 Å². The molecule has 0 aromatic carbocycles. The number of nitrogens with zero attached hydrogens (tertiary/aromatic N) is 4. The van der Waals surface area contributed by atoms with Crippen LogP contribution < -0.4 is 11.1 Å². The third kappa shape index (κ3) is 4.20. The fourth-order valence-electron chi connectivity index (χ4n) is 1.19. The molecule has 0 aliphatic heterocycles. The van der Waals surface area contributed by atoms with E-state index in [0.717, 1.165) is 4.68 Å². The Morgan fingerprint density at radius 2 is 2.33 bits per heavy atom. The highest BCUT2D eigenvalue weighted by Crippen LogP contribution is 2.01. The maximum atomic E-state index is 11.6. The predicted octanol–water partition coefficient (Wildman–Crippen LogP) is -1.42. The van der Waals surface area contributed by atoms with Crippen LogP contribution in [-0.4, -0.2) is 55.2 Å². The number of hydrogen-bond donors (Lipinski definition) is 3. The summed E-state index contributed by atoms with van der Waals surface area (Å²) < 4.78 is 1.09. The lowest BCUT2D eigenvalue weighted by Crippen LogP contribution is -2.42. The average Bonchev–Trinajstić information content (AvgIpc) is 2.70. The topological polar surface area (TPSA) is 136 Å². The summed E-state index contributed by atoms with van der Waals surface area (Å²) in [6.07, 6.45) is 2.22. The van der Waals surface area contributed by atoms with E-state index in [1.54, 1.807) is 0 Å². The number of nitrogens with two attached hydrogens (primary N) is 1. The van der Waals surface area contributed by atoms with E-state index in [-0.39, 0.29) is 12.5 Å². The van der Waals surface area contributed by atoms with Gasteiger partial charge in [0.2, 0.25) is 11.9 Å². The van der Waals surface area contributed by atoms with E-state index in [0.29, 0.717) is 12.2 Å². The minimum Gasteiger partial charge on any atom is -0.480 e. The van der Waals surface area contributed by atoms with Crippen LogP contribution in [0.1, 0.15) is 6.42 Å². The van der Waals surface area contributed by atoms with Gasteiger partial charge < -0.3 is 16.2 Å². The first-order valence-corrected chi connectivity index (χ1v) is 6.46. The largest absolute Gasteiger partial charge is 0.480 e. The summed E-state index contributed by atoms with van der Waals surface area (Å²) in [5, 5.41) is 21.5. The maximum absolute atomic E-state index is 11.6. The van der Waals surface area contributed by atoms with Crippen LogP contribution in [0.25, 0.3) is 0 Å². The minimum atomic E-state index is -1.07. The molecule has 1 amide bonds. The Morgan fingerprint density at radius 1 is 1.61 bits per heavy atom. The lowest BCUT2D eigenvalue weighted by Gasteiger charge is -2.13. The van der Waals surface area contributed by atoms with Crippen molar-refractivity contribution in [3.63, 3.8) is 0 Å². The van der Waals surface area contributed by atoms with Crippen LogP contribution in [0.3, 0.4) is 0 Å². The molecule has 9 nitrogen and oxygen atoms in total. The molecular formula is C8H14N6O3S. The number of aromatic nitrogens is 4. The Hall–Kier alpha value is -1.84. The van der Waals surface area contributed by atoms with Gasteiger partial charge in [0.1, 0.15) is 12.6 Å². The van der Waals surface area contributed by atoms with Crippen LogP contribution in [0, 0.1) is 0 Å². The molecule has 0 aliphatic rings. The predicted molar refractivity (Wildman–Crippen MR) is 64.8 cm³/mol. The fourth-order valence-corrected chi connectivity index (χ4v) is 1.66. The van der Waals surface area contributed by atoms with Crippen LogP contribution in [0.2, 0.25) is 0 Å². The molecule has 0 saturated heterocycles. The molecule has 0 fully saturated rings. The molecule has 0 radical (unpaired) electrons. The summed E-state index contributed by atoms with van der Waals surface area (Å²) >= 11 is 1.51. The summed E-state index contributed by atoms with van der Waals surface area (Å²) in [6.45, 7) is -0.206. The van der Waals surface area contributed by atoms with Crippen molar-refractivity contribution in [1.29, 1.82) is 0 Å². The normalized spacial score (nSPS) is 12.1. The lowest BCUT2D eigenvalue weighted by atomic mass is 10.2. The number of anilines is 1. The highest BCUT2D eigenvalue weighted by atomic mass is 32.2. The van der Waals surface area contributed by atoms with Crippen molar-refractivity contribution < 1.29 is 14.7 Å². The Morgan fingerprint density at radius 3 is 2.83 bits per heavy atom. The Kier molecular flexibility index (Phi) is 5.36. The summed E-state index contributed by atoms with van der Waals surface area (Å²) in [7, 11) is 0.